The maximum absolute atomic E-state index is 13.9. The molecule has 2 aliphatic rings. The van der Waals surface area contributed by atoms with Crippen LogP contribution in [0.25, 0.3) is 0 Å². The van der Waals surface area contributed by atoms with Gasteiger partial charge in [0, 0.05) is 50.1 Å². The Kier molecular flexibility index (Phi) is 7.68. The van der Waals surface area contributed by atoms with Gasteiger partial charge in [-0.2, -0.15) is 0 Å². The van der Waals surface area contributed by atoms with Gasteiger partial charge in [0.2, 0.25) is 5.95 Å². The van der Waals surface area contributed by atoms with E-state index >= 15 is 0 Å². The second-order valence-corrected chi connectivity index (χ2v) is 8.77. The van der Waals surface area contributed by atoms with Crippen molar-refractivity contribution in [2.45, 2.75) is 45.6 Å². The molecule has 1 saturated carbocycles. The molecule has 1 aliphatic heterocycles. The highest BCUT2D eigenvalue weighted by molar-refractivity contribution is 5.55. The number of benzene rings is 1. The van der Waals surface area contributed by atoms with Crippen molar-refractivity contribution in [1.82, 2.24) is 9.97 Å². The van der Waals surface area contributed by atoms with E-state index < -0.39 is 0 Å². The number of halogens is 1. The summed E-state index contributed by atoms with van der Waals surface area (Å²) in [6, 6.07) is 4.75. The molecule has 1 aromatic heterocycles. The molecule has 0 bridgehead atoms. The molecule has 0 amide bonds. The molecular formula is C25H32FN3O3. The van der Waals surface area contributed by atoms with E-state index in [4.69, 9.17) is 9.47 Å². The second kappa shape index (κ2) is 10.9. The van der Waals surface area contributed by atoms with Crippen LogP contribution in [0.1, 0.15) is 43.7 Å². The number of nitrogens with zero attached hydrogens (tertiary/aromatic N) is 3. The molecule has 32 heavy (non-hydrogen) atoms. The summed E-state index contributed by atoms with van der Waals surface area (Å²) in [5, 5.41) is 0. The van der Waals surface area contributed by atoms with E-state index in [1.165, 1.54) is 25.3 Å². The van der Waals surface area contributed by atoms with Crippen molar-refractivity contribution < 1.29 is 18.7 Å². The molecule has 2 fully saturated rings. The Labute approximate surface area is 189 Å². The number of carbonyl (C=O) groups is 1. The number of ether oxygens (including phenoxy) is 2. The lowest BCUT2D eigenvalue weighted by Gasteiger charge is -2.32. The van der Waals surface area contributed by atoms with Crippen molar-refractivity contribution in [3.8, 4) is 5.75 Å². The summed E-state index contributed by atoms with van der Waals surface area (Å²) in [4.78, 5) is 21.9. The van der Waals surface area contributed by atoms with E-state index in [9.17, 15) is 9.18 Å². The van der Waals surface area contributed by atoms with E-state index in [0.717, 1.165) is 42.9 Å². The van der Waals surface area contributed by atoms with Crippen LogP contribution in [0, 0.1) is 23.6 Å². The summed E-state index contributed by atoms with van der Waals surface area (Å²) < 4.78 is 25.1. The highest BCUT2D eigenvalue weighted by Gasteiger charge is 2.43. The van der Waals surface area contributed by atoms with Gasteiger partial charge in [-0.25, -0.2) is 14.4 Å². The van der Waals surface area contributed by atoms with Gasteiger partial charge in [0.25, 0.3) is 0 Å². The fourth-order valence-electron chi connectivity index (χ4n) is 4.71. The quantitative estimate of drug-likeness (QED) is 0.487. The van der Waals surface area contributed by atoms with Crippen molar-refractivity contribution in [1.29, 1.82) is 0 Å². The smallest absolute Gasteiger partial charge is 0.225 e. The van der Waals surface area contributed by atoms with E-state index in [2.05, 4.69) is 14.9 Å². The molecule has 6 nitrogen and oxygen atoms in total. The first kappa shape index (κ1) is 22.6. The molecule has 2 atom stereocenters. The number of carbonyl (C=O) groups excluding carboxylic acids is 1. The lowest BCUT2D eigenvalue weighted by molar-refractivity contribution is -0.107. The zero-order valence-electron chi connectivity index (χ0n) is 18.7. The summed E-state index contributed by atoms with van der Waals surface area (Å²) in [5.74, 6) is 3.22. The van der Waals surface area contributed by atoms with Gasteiger partial charge >= 0.3 is 0 Å². The van der Waals surface area contributed by atoms with Crippen molar-refractivity contribution in [3.63, 3.8) is 0 Å². The van der Waals surface area contributed by atoms with Gasteiger partial charge in [-0.3, -0.25) is 0 Å². The van der Waals surface area contributed by atoms with Crippen molar-refractivity contribution in [2.24, 2.45) is 17.8 Å². The van der Waals surface area contributed by atoms with Crippen molar-refractivity contribution in [3.05, 3.63) is 47.5 Å². The molecular weight excluding hydrogens is 409 g/mol. The monoisotopic (exact) mass is 441 g/mol. The van der Waals surface area contributed by atoms with Crippen LogP contribution in [-0.2, 0) is 22.6 Å². The third-order valence-corrected chi connectivity index (χ3v) is 6.65. The van der Waals surface area contributed by atoms with Crippen LogP contribution in [0.3, 0.4) is 0 Å². The average Bonchev–Trinajstić information content (AvgIpc) is 3.59. The molecule has 1 aliphatic carbocycles. The van der Waals surface area contributed by atoms with Crippen LogP contribution >= 0.6 is 0 Å². The highest BCUT2D eigenvalue weighted by Crippen LogP contribution is 2.49. The predicted octanol–water partition coefficient (Wildman–Crippen LogP) is 4.22. The lowest BCUT2D eigenvalue weighted by atomic mass is 9.90. The first-order valence-electron chi connectivity index (χ1n) is 11.7. The lowest BCUT2D eigenvalue weighted by Crippen LogP contribution is -2.35. The Hall–Kier alpha value is -2.54. The summed E-state index contributed by atoms with van der Waals surface area (Å²) in [6.07, 6.45) is 9.16. The van der Waals surface area contributed by atoms with Gasteiger partial charge in [0.15, 0.2) is 0 Å². The SMILES string of the molecule is CCOCc1cnc(N2CCC(C3CC3CCOc3ccc(CC=O)c(F)c3)CC2)nc1. The van der Waals surface area contributed by atoms with Crippen LogP contribution in [0.2, 0.25) is 0 Å². The van der Waals surface area contributed by atoms with E-state index in [1.807, 2.05) is 19.3 Å². The minimum Gasteiger partial charge on any atom is -0.493 e. The number of hydrogen-bond acceptors (Lipinski definition) is 6. The largest absolute Gasteiger partial charge is 0.493 e. The second-order valence-electron chi connectivity index (χ2n) is 8.77. The number of hydrogen-bond donors (Lipinski definition) is 0. The molecule has 0 radical (unpaired) electrons. The molecule has 2 heterocycles. The van der Waals surface area contributed by atoms with Crippen LogP contribution in [0.4, 0.5) is 10.3 Å². The van der Waals surface area contributed by atoms with E-state index in [-0.39, 0.29) is 12.2 Å². The standard InChI is InChI=1S/C25H32FN3O3/c1-2-31-17-18-15-27-25(28-16-18)29-9-5-19(6-10-29)23-13-21(23)8-12-32-22-4-3-20(7-11-30)24(26)14-22/h3-4,11,14-16,19,21,23H,2,5-10,12-13,17H2,1H3. The van der Waals surface area contributed by atoms with Crippen LogP contribution in [-0.4, -0.2) is 42.6 Å². The van der Waals surface area contributed by atoms with Gasteiger partial charge in [-0.1, -0.05) is 6.07 Å². The Morgan fingerprint density at radius 3 is 2.69 bits per heavy atom. The maximum atomic E-state index is 13.9. The first-order chi connectivity index (χ1) is 15.7. The molecule has 2 aromatic rings. The fourth-order valence-corrected chi connectivity index (χ4v) is 4.71. The number of aromatic nitrogens is 2. The molecule has 1 saturated heterocycles. The Morgan fingerprint density at radius 1 is 1.22 bits per heavy atom. The summed E-state index contributed by atoms with van der Waals surface area (Å²) >= 11 is 0. The number of anilines is 1. The molecule has 7 heteroatoms. The van der Waals surface area contributed by atoms with Gasteiger partial charge in [0.1, 0.15) is 17.9 Å². The Morgan fingerprint density at radius 2 is 2.00 bits per heavy atom. The highest BCUT2D eigenvalue weighted by atomic mass is 19.1. The maximum Gasteiger partial charge on any atom is 0.225 e. The van der Waals surface area contributed by atoms with Gasteiger partial charge < -0.3 is 19.2 Å². The van der Waals surface area contributed by atoms with Crippen molar-refractivity contribution in [2.75, 3.05) is 31.2 Å². The van der Waals surface area contributed by atoms with Crippen molar-refractivity contribution >= 4 is 12.2 Å². The Bertz CT molecular complexity index is 885. The summed E-state index contributed by atoms with van der Waals surface area (Å²) in [6.45, 7) is 5.84. The fraction of sp³-hybridized carbons (Fsp3) is 0.560. The van der Waals surface area contributed by atoms with Gasteiger partial charge in [-0.15, -0.1) is 0 Å². The summed E-state index contributed by atoms with van der Waals surface area (Å²) in [7, 11) is 0. The molecule has 2 unspecified atom stereocenters. The van der Waals surface area contributed by atoms with E-state index in [0.29, 0.717) is 43.3 Å². The molecule has 172 valence electrons. The van der Waals surface area contributed by atoms with Crippen LogP contribution in [0.5, 0.6) is 5.75 Å². The Balaban J connectivity index is 1.16. The predicted molar refractivity (Wildman–Crippen MR) is 120 cm³/mol. The minimum absolute atomic E-state index is 0.0973. The zero-order valence-corrected chi connectivity index (χ0v) is 18.7. The van der Waals surface area contributed by atoms with E-state index in [1.54, 1.807) is 12.1 Å². The molecule has 0 spiro atoms. The molecule has 0 N–H and O–H groups in total. The van der Waals surface area contributed by atoms with Crippen LogP contribution < -0.4 is 9.64 Å². The minimum atomic E-state index is -0.376. The van der Waals surface area contributed by atoms with Gasteiger partial charge in [0.05, 0.1) is 13.2 Å². The molecule has 4 rings (SSSR count). The molecule has 1 aromatic carbocycles. The third kappa shape index (κ3) is 5.82. The number of rotatable bonds is 11. The number of aldehydes is 1. The zero-order chi connectivity index (χ0) is 22.3. The average molecular weight is 442 g/mol. The number of piperidine rings is 1. The summed E-state index contributed by atoms with van der Waals surface area (Å²) in [5.41, 5.74) is 1.42. The first-order valence-corrected chi connectivity index (χ1v) is 11.7. The van der Waals surface area contributed by atoms with Gasteiger partial charge in [-0.05, 0) is 62.0 Å². The third-order valence-electron chi connectivity index (χ3n) is 6.65. The van der Waals surface area contributed by atoms with Crippen LogP contribution in [0.15, 0.2) is 30.6 Å². The topological polar surface area (TPSA) is 64.6 Å². The normalized spacial score (nSPS) is 20.9.